The van der Waals surface area contributed by atoms with E-state index in [1.54, 1.807) is 0 Å². The van der Waals surface area contributed by atoms with Crippen molar-refractivity contribution in [2.75, 3.05) is 41.3 Å². The van der Waals surface area contributed by atoms with Gasteiger partial charge in [-0.05, 0) is 5.56 Å². The summed E-state index contributed by atoms with van der Waals surface area (Å²) in [5.41, 5.74) is 2.50. The van der Waals surface area contributed by atoms with Gasteiger partial charge in [0, 0.05) is 14.1 Å². The first-order chi connectivity index (χ1) is 10.6. The van der Waals surface area contributed by atoms with Gasteiger partial charge in [0.2, 0.25) is 0 Å². The van der Waals surface area contributed by atoms with Crippen molar-refractivity contribution >= 4 is 11.5 Å². The topological polar surface area (TPSA) is 102 Å². The summed E-state index contributed by atoms with van der Waals surface area (Å²) in [5, 5.41) is 0. The molecular weight excluding hydrogens is 322 g/mol. The van der Waals surface area contributed by atoms with Crippen molar-refractivity contribution in [3.05, 3.63) is 42.0 Å². The van der Waals surface area contributed by atoms with Crippen LogP contribution < -0.4 is 18.6 Å². The van der Waals surface area contributed by atoms with E-state index in [1.807, 2.05) is 0 Å². The lowest BCUT2D eigenvalue weighted by molar-refractivity contribution is -2.00. The number of hydrogen-bond acceptors (Lipinski definition) is 6. The fourth-order valence-electron chi connectivity index (χ4n) is 2.24. The number of rotatable bonds is 3. The van der Waals surface area contributed by atoms with Crippen molar-refractivity contribution < 1.29 is 33.5 Å². The van der Waals surface area contributed by atoms with Crippen molar-refractivity contribution in [1.82, 2.24) is 9.80 Å². The third-order valence-corrected chi connectivity index (χ3v) is 3.37. The molecule has 0 amide bonds. The molecule has 0 spiro atoms. The highest BCUT2D eigenvalue weighted by atomic mass is 35.7. The van der Waals surface area contributed by atoms with Gasteiger partial charge in [-0.3, -0.25) is 9.48 Å². The van der Waals surface area contributed by atoms with Crippen LogP contribution in [0.25, 0.3) is 5.70 Å². The average molecular weight is 344 g/mol. The molecule has 0 aromatic heterocycles. The molecule has 0 radical (unpaired) electrons. The van der Waals surface area contributed by atoms with Crippen LogP contribution in [0.4, 0.5) is 0 Å². The zero-order valence-electron chi connectivity index (χ0n) is 13.7. The zero-order chi connectivity index (χ0) is 17.6. The first-order valence-electron chi connectivity index (χ1n) is 6.95. The van der Waals surface area contributed by atoms with Crippen molar-refractivity contribution in [2.45, 2.75) is 0 Å². The largest absolute Gasteiger partial charge is 0.377 e. The van der Waals surface area contributed by atoms with Gasteiger partial charge in [0.05, 0.1) is 25.9 Å². The molecule has 8 heteroatoms. The molecule has 1 aliphatic rings. The molecule has 1 aromatic rings. The molecule has 1 aliphatic heterocycles. The zero-order valence-corrected chi connectivity index (χ0v) is 14.5. The predicted molar refractivity (Wildman–Crippen MR) is 76.8 cm³/mol. The van der Waals surface area contributed by atoms with E-state index < -0.39 is 10.2 Å². The molecular formula is C15H22ClN3O4. The quantitative estimate of drug-likeness (QED) is 0.536. The Kier molecular flexibility index (Phi) is 6.99. The van der Waals surface area contributed by atoms with E-state index in [0.717, 1.165) is 13.1 Å². The maximum atomic E-state index is 8.49. The van der Waals surface area contributed by atoms with E-state index in [-0.39, 0.29) is 0 Å². The van der Waals surface area contributed by atoms with Gasteiger partial charge in [0.25, 0.3) is 5.84 Å². The Morgan fingerprint density at radius 2 is 1.70 bits per heavy atom. The number of hydrogen-bond donors (Lipinski definition) is 0. The van der Waals surface area contributed by atoms with Crippen LogP contribution in [0.1, 0.15) is 5.56 Å². The number of halogens is 1. The lowest BCUT2D eigenvalue weighted by Crippen LogP contribution is -2.68. The van der Waals surface area contributed by atoms with Gasteiger partial charge in [-0.2, -0.15) is 0 Å². The van der Waals surface area contributed by atoms with E-state index in [4.69, 9.17) is 18.6 Å². The number of nitrogens with zero attached hydrogens (tertiary/aromatic N) is 3. The summed E-state index contributed by atoms with van der Waals surface area (Å²) in [4.78, 5) is 4.47. The van der Waals surface area contributed by atoms with Crippen molar-refractivity contribution in [3.63, 3.8) is 0 Å². The number of amidine groups is 1. The Morgan fingerprint density at radius 1 is 1.17 bits per heavy atom. The van der Waals surface area contributed by atoms with E-state index in [0.29, 0.717) is 0 Å². The molecule has 0 saturated heterocycles. The van der Waals surface area contributed by atoms with Crippen LogP contribution in [0, 0.1) is 10.2 Å². The van der Waals surface area contributed by atoms with Gasteiger partial charge < -0.3 is 4.90 Å². The summed E-state index contributed by atoms with van der Waals surface area (Å²) < 4.78 is 36.3. The summed E-state index contributed by atoms with van der Waals surface area (Å²) in [5.74, 6) is 1.28. The van der Waals surface area contributed by atoms with Gasteiger partial charge in [-0.1, -0.05) is 30.3 Å². The van der Waals surface area contributed by atoms with Crippen LogP contribution in [-0.2, 0) is 0 Å². The van der Waals surface area contributed by atoms with Gasteiger partial charge in [-0.15, -0.1) is 10.2 Å². The first-order valence-corrected chi connectivity index (χ1v) is 8.18. The first kappa shape index (κ1) is 19.4. The average Bonchev–Trinajstić information content (AvgIpc) is 2.74. The summed E-state index contributed by atoms with van der Waals surface area (Å²) >= 11 is 0. The molecule has 1 heterocycles. The number of likely N-dealkylation sites (N-methyl/N-ethyl adjacent to an activating group) is 2. The minimum Gasteiger partial charge on any atom is -0.377 e. The molecule has 0 saturated carbocycles. The van der Waals surface area contributed by atoms with Gasteiger partial charge >= 0.3 is 0 Å². The molecule has 0 bridgehead atoms. The fourth-order valence-corrected chi connectivity index (χ4v) is 2.24. The minimum atomic E-state index is -4.94. The molecule has 1 aromatic carbocycles. The van der Waals surface area contributed by atoms with Crippen LogP contribution in [0.3, 0.4) is 0 Å². The van der Waals surface area contributed by atoms with E-state index in [1.165, 1.54) is 17.1 Å². The molecule has 0 fully saturated rings. The highest BCUT2D eigenvalue weighted by Gasteiger charge is 2.23. The second-order valence-electron chi connectivity index (χ2n) is 5.37. The highest BCUT2D eigenvalue weighted by molar-refractivity contribution is 5.96. The molecule has 23 heavy (non-hydrogen) atoms. The Hall–Kier alpha value is -1.64. The van der Waals surface area contributed by atoms with Crippen molar-refractivity contribution in [1.29, 1.82) is 0 Å². The minimum absolute atomic E-state index is 1.10. The molecule has 0 unspecified atom stereocenters. The highest BCUT2D eigenvalue weighted by Crippen LogP contribution is 2.17. The summed E-state index contributed by atoms with van der Waals surface area (Å²) in [6.07, 6.45) is 2.27. The maximum absolute atomic E-state index is 8.49. The van der Waals surface area contributed by atoms with E-state index in [2.05, 4.69) is 79.0 Å². The Bertz CT molecular complexity index is 562. The lowest BCUT2D eigenvalue weighted by Gasteiger charge is -2.18. The normalized spacial score (nSPS) is 15.5. The molecule has 0 atom stereocenters. The summed E-state index contributed by atoms with van der Waals surface area (Å²) in [7, 11) is 3.53. The Balaban J connectivity index is 0.000000463. The third kappa shape index (κ3) is 6.98. The molecule has 2 rings (SSSR count). The van der Waals surface area contributed by atoms with Crippen LogP contribution in [0.2, 0.25) is 0 Å². The van der Waals surface area contributed by atoms with Gasteiger partial charge in [-0.25, -0.2) is 18.6 Å². The summed E-state index contributed by atoms with van der Waals surface area (Å²) in [6, 6.07) is 10.5. The van der Waals surface area contributed by atoms with Crippen molar-refractivity contribution in [3.8, 4) is 0 Å². The number of benzene rings is 1. The smallest absolute Gasteiger partial charge is 0.273 e. The van der Waals surface area contributed by atoms with Gasteiger partial charge in [0.15, 0.2) is 0 Å². The molecule has 0 N–H and O–H groups in total. The third-order valence-electron chi connectivity index (χ3n) is 3.37. The Morgan fingerprint density at radius 3 is 2.09 bits per heavy atom. The SMILES string of the molecule is CN1CC[N+](C)=C1/C=C(\c1ccccc1)N(C)C.[O-][Cl+3]([O-])([O-])[O-]. The van der Waals surface area contributed by atoms with Crippen LogP contribution in [0.15, 0.2) is 36.4 Å². The molecule has 0 aliphatic carbocycles. The Labute approximate surface area is 138 Å². The fraction of sp³-hybridized carbons (Fsp3) is 0.400. The second-order valence-corrected chi connectivity index (χ2v) is 6.13. The van der Waals surface area contributed by atoms with E-state index >= 15 is 0 Å². The van der Waals surface area contributed by atoms with Crippen LogP contribution >= 0.6 is 0 Å². The molecule has 7 nitrogen and oxygen atoms in total. The molecule has 128 valence electrons. The maximum Gasteiger partial charge on any atom is 0.273 e. The monoisotopic (exact) mass is 343 g/mol. The summed E-state index contributed by atoms with van der Waals surface area (Å²) in [6.45, 7) is 2.19. The van der Waals surface area contributed by atoms with Gasteiger partial charge in [0.1, 0.15) is 13.1 Å². The standard InChI is InChI=1S/C15H22N3.ClHO4/c1-16(2)14(13-8-6-5-7-9-13)12-15-17(3)10-11-18(15)4;2-1(3,4)5/h5-9,12H,10-11H2,1-4H3;(H,2,3,4,5)/q+1;/p-1. The lowest BCUT2D eigenvalue weighted by atomic mass is 10.1. The second kappa shape index (κ2) is 8.28. The van der Waals surface area contributed by atoms with Crippen molar-refractivity contribution in [2.24, 2.45) is 0 Å². The van der Waals surface area contributed by atoms with Crippen LogP contribution in [-0.4, -0.2) is 61.5 Å². The van der Waals surface area contributed by atoms with Crippen LogP contribution in [0.5, 0.6) is 0 Å². The predicted octanol–water partition coefficient (Wildman–Crippen LogP) is -3.18. The van der Waals surface area contributed by atoms with E-state index in [9.17, 15) is 0 Å².